The first kappa shape index (κ1) is 15.7. The third-order valence-corrected chi connectivity index (χ3v) is 4.17. The van der Waals surface area contributed by atoms with Crippen LogP contribution in [-0.4, -0.2) is 24.1 Å². The summed E-state index contributed by atoms with van der Waals surface area (Å²) >= 11 is 0. The molecule has 1 N–H and O–H groups in total. The van der Waals surface area contributed by atoms with E-state index >= 15 is 0 Å². The summed E-state index contributed by atoms with van der Waals surface area (Å²) in [6, 6.07) is 13.9. The van der Waals surface area contributed by atoms with Crippen molar-refractivity contribution in [3.8, 4) is 11.1 Å². The van der Waals surface area contributed by atoms with Gasteiger partial charge < -0.3 is 10.1 Å². The molecule has 1 fully saturated rings. The Morgan fingerprint density at radius 1 is 1.17 bits per heavy atom. The van der Waals surface area contributed by atoms with Gasteiger partial charge in [0.2, 0.25) is 5.91 Å². The summed E-state index contributed by atoms with van der Waals surface area (Å²) in [7, 11) is 0. The van der Waals surface area contributed by atoms with E-state index < -0.39 is 0 Å². The molecule has 0 saturated carbocycles. The molecule has 2 aromatic rings. The second-order valence-corrected chi connectivity index (χ2v) is 5.97. The number of hydrogen-bond donors (Lipinski definition) is 1. The van der Waals surface area contributed by atoms with E-state index in [1.165, 1.54) is 0 Å². The molecule has 3 rings (SSSR count). The fourth-order valence-electron chi connectivity index (χ4n) is 2.84. The largest absolute Gasteiger partial charge is 0.381 e. The van der Waals surface area contributed by atoms with Crippen LogP contribution in [0.4, 0.5) is 5.82 Å². The predicted molar refractivity (Wildman–Crippen MR) is 91.1 cm³/mol. The van der Waals surface area contributed by atoms with Crippen LogP contribution < -0.4 is 5.32 Å². The summed E-state index contributed by atoms with van der Waals surface area (Å²) in [5.41, 5.74) is 2.16. The normalized spacial score (nSPS) is 17.7. The van der Waals surface area contributed by atoms with Crippen LogP contribution in [0, 0.1) is 5.92 Å². The second-order valence-electron chi connectivity index (χ2n) is 5.97. The number of nitrogens with one attached hydrogen (secondary N) is 1. The monoisotopic (exact) mass is 310 g/mol. The number of nitrogens with zero attached hydrogens (tertiary/aromatic N) is 1. The molecule has 0 unspecified atom stereocenters. The van der Waals surface area contributed by atoms with Gasteiger partial charge in [0.1, 0.15) is 5.82 Å². The zero-order valence-corrected chi connectivity index (χ0v) is 13.2. The SMILES string of the molecule is O=C(CC[C@H]1CCCOC1)Nc1ccc(-c2ccccc2)cn1. The summed E-state index contributed by atoms with van der Waals surface area (Å²) in [4.78, 5) is 16.4. The molecule has 1 saturated heterocycles. The Morgan fingerprint density at radius 2 is 2.04 bits per heavy atom. The van der Waals surface area contributed by atoms with Crippen molar-refractivity contribution < 1.29 is 9.53 Å². The maximum atomic E-state index is 12.0. The number of pyridine rings is 1. The van der Waals surface area contributed by atoms with Gasteiger partial charge >= 0.3 is 0 Å². The van der Waals surface area contributed by atoms with E-state index in [0.29, 0.717) is 18.2 Å². The third-order valence-electron chi connectivity index (χ3n) is 4.17. The Labute approximate surface area is 136 Å². The molecular weight excluding hydrogens is 288 g/mol. The van der Waals surface area contributed by atoms with Gasteiger partial charge in [-0.3, -0.25) is 4.79 Å². The van der Waals surface area contributed by atoms with Crippen molar-refractivity contribution in [2.24, 2.45) is 5.92 Å². The van der Waals surface area contributed by atoms with E-state index in [1.807, 2.05) is 42.5 Å². The summed E-state index contributed by atoms with van der Waals surface area (Å²) < 4.78 is 5.44. The van der Waals surface area contributed by atoms with Gasteiger partial charge in [0.25, 0.3) is 0 Å². The first-order valence-corrected chi connectivity index (χ1v) is 8.20. The molecule has 0 spiro atoms. The highest BCUT2D eigenvalue weighted by Gasteiger charge is 2.15. The van der Waals surface area contributed by atoms with Gasteiger partial charge in [-0.2, -0.15) is 0 Å². The Kier molecular flexibility index (Phi) is 5.37. The van der Waals surface area contributed by atoms with Crippen molar-refractivity contribution in [1.82, 2.24) is 4.98 Å². The van der Waals surface area contributed by atoms with Crippen molar-refractivity contribution in [3.63, 3.8) is 0 Å². The van der Waals surface area contributed by atoms with Gasteiger partial charge in [0, 0.05) is 31.4 Å². The molecular formula is C19H22N2O2. The molecule has 1 amide bonds. The smallest absolute Gasteiger partial charge is 0.225 e. The van der Waals surface area contributed by atoms with Crippen LogP contribution in [0.25, 0.3) is 11.1 Å². The fourth-order valence-corrected chi connectivity index (χ4v) is 2.84. The molecule has 4 heteroatoms. The van der Waals surface area contributed by atoms with E-state index in [-0.39, 0.29) is 5.91 Å². The predicted octanol–water partition coefficient (Wildman–Crippen LogP) is 3.89. The van der Waals surface area contributed by atoms with E-state index in [4.69, 9.17) is 4.74 Å². The first-order chi connectivity index (χ1) is 11.3. The average molecular weight is 310 g/mol. The summed E-state index contributed by atoms with van der Waals surface area (Å²) in [6.45, 7) is 1.65. The Bertz CT molecular complexity index is 620. The van der Waals surface area contributed by atoms with Crippen LogP contribution in [0.2, 0.25) is 0 Å². The maximum absolute atomic E-state index is 12.0. The van der Waals surface area contributed by atoms with Gasteiger partial charge in [0.15, 0.2) is 0 Å². The Balaban J connectivity index is 1.50. The minimum absolute atomic E-state index is 0.0236. The lowest BCUT2D eigenvalue weighted by Gasteiger charge is -2.21. The zero-order valence-electron chi connectivity index (χ0n) is 13.2. The molecule has 1 aliphatic heterocycles. The van der Waals surface area contributed by atoms with Crippen LogP contribution in [0.15, 0.2) is 48.7 Å². The van der Waals surface area contributed by atoms with Gasteiger partial charge in [-0.25, -0.2) is 4.98 Å². The van der Waals surface area contributed by atoms with Crippen molar-refractivity contribution in [3.05, 3.63) is 48.7 Å². The van der Waals surface area contributed by atoms with Crippen molar-refractivity contribution in [2.45, 2.75) is 25.7 Å². The summed E-state index contributed by atoms with van der Waals surface area (Å²) in [5, 5.41) is 2.87. The Hall–Kier alpha value is -2.20. The van der Waals surface area contributed by atoms with Crippen LogP contribution in [-0.2, 0) is 9.53 Å². The van der Waals surface area contributed by atoms with Gasteiger partial charge in [-0.05, 0) is 42.9 Å². The molecule has 0 aliphatic carbocycles. The molecule has 2 heterocycles. The van der Waals surface area contributed by atoms with Gasteiger partial charge in [-0.1, -0.05) is 30.3 Å². The third kappa shape index (κ3) is 4.63. The van der Waals surface area contributed by atoms with Crippen molar-refractivity contribution >= 4 is 11.7 Å². The van der Waals surface area contributed by atoms with Crippen LogP contribution in [0.5, 0.6) is 0 Å². The molecule has 120 valence electrons. The van der Waals surface area contributed by atoms with Crippen LogP contribution >= 0.6 is 0 Å². The summed E-state index contributed by atoms with van der Waals surface area (Å²) in [5.74, 6) is 1.15. The summed E-state index contributed by atoms with van der Waals surface area (Å²) in [6.07, 6.45) is 5.47. The average Bonchev–Trinajstić information content (AvgIpc) is 2.62. The molecule has 1 aliphatic rings. The van der Waals surface area contributed by atoms with E-state index in [9.17, 15) is 4.79 Å². The number of anilines is 1. The number of rotatable bonds is 5. The van der Waals surface area contributed by atoms with Crippen LogP contribution in [0.1, 0.15) is 25.7 Å². The quantitative estimate of drug-likeness (QED) is 0.911. The molecule has 23 heavy (non-hydrogen) atoms. The highest BCUT2D eigenvalue weighted by Crippen LogP contribution is 2.20. The standard InChI is InChI=1S/C19H22N2O2/c22-19(11-8-15-5-4-12-23-14-15)21-18-10-9-17(13-20-18)16-6-2-1-3-7-16/h1-3,6-7,9-10,13,15H,4-5,8,11-12,14H2,(H,20,21,22)/t15-/m1/s1. The number of hydrogen-bond acceptors (Lipinski definition) is 3. The van der Waals surface area contributed by atoms with Crippen molar-refractivity contribution in [1.29, 1.82) is 0 Å². The lowest BCUT2D eigenvalue weighted by Crippen LogP contribution is -2.20. The van der Waals surface area contributed by atoms with Crippen molar-refractivity contribution in [2.75, 3.05) is 18.5 Å². The molecule has 1 aromatic carbocycles. The Morgan fingerprint density at radius 3 is 2.74 bits per heavy atom. The second kappa shape index (κ2) is 7.88. The lowest BCUT2D eigenvalue weighted by molar-refractivity contribution is -0.116. The molecule has 1 aromatic heterocycles. The fraction of sp³-hybridized carbons (Fsp3) is 0.368. The first-order valence-electron chi connectivity index (χ1n) is 8.20. The van der Waals surface area contributed by atoms with E-state index in [1.54, 1.807) is 6.20 Å². The number of ether oxygens (including phenoxy) is 1. The van der Waals surface area contributed by atoms with E-state index in [2.05, 4.69) is 10.3 Å². The van der Waals surface area contributed by atoms with Gasteiger partial charge in [-0.15, -0.1) is 0 Å². The highest BCUT2D eigenvalue weighted by molar-refractivity contribution is 5.89. The molecule has 4 nitrogen and oxygen atoms in total. The number of amides is 1. The van der Waals surface area contributed by atoms with Crippen LogP contribution in [0.3, 0.4) is 0 Å². The number of carbonyl (C=O) groups excluding carboxylic acids is 1. The van der Waals surface area contributed by atoms with E-state index in [0.717, 1.165) is 43.6 Å². The lowest BCUT2D eigenvalue weighted by atomic mass is 9.97. The zero-order chi connectivity index (χ0) is 15.9. The number of aromatic nitrogens is 1. The molecule has 0 bridgehead atoms. The molecule has 0 radical (unpaired) electrons. The highest BCUT2D eigenvalue weighted by atomic mass is 16.5. The van der Waals surface area contributed by atoms with Gasteiger partial charge in [0.05, 0.1) is 0 Å². The number of carbonyl (C=O) groups is 1. The minimum Gasteiger partial charge on any atom is -0.381 e. The maximum Gasteiger partial charge on any atom is 0.225 e. The number of benzene rings is 1. The molecule has 1 atom stereocenters. The minimum atomic E-state index is 0.0236. The topological polar surface area (TPSA) is 51.2 Å².